The number of rotatable bonds is 5. The SMILES string of the molecule is Cc1c(Sc2cccc(CO)c2)c2ccc(Cl)c(F)c2n1-c1cnn(C2CCCC2)c1. The lowest BCUT2D eigenvalue weighted by molar-refractivity contribution is 0.281. The van der Waals surface area contributed by atoms with Gasteiger partial charge in [-0.3, -0.25) is 4.68 Å². The highest BCUT2D eigenvalue weighted by atomic mass is 35.5. The van der Waals surface area contributed by atoms with Crippen molar-refractivity contribution in [3.8, 4) is 5.69 Å². The smallest absolute Gasteiger partial charge is 0.166 e. The van der Waals surface area contributed by atoms with Crippen LogP contribution in [0.15, 0.2) is 58.6 Å². The first kappa shape index (κ1) is 20.6. The molecule has 0 bridgehead atoms. The zero-order valence-corrected chi connectivity index (χ0v) is 18.8. The molecule has 4 nitrogen and oxygen atoms in total. The Kier molecular flexibility index (Phi) is 5.54. The summed E-state index contributed by atoms with van der Waals surface area (Å²) in [7, 11) is 0. The normalized spacial score (nSPS) is 14.7. The maximum atomic E-state index is 15.3. The summed E-state index contributed by atoms with van der Waals surface area (Å²) in [6.07, 6.45) is 8.55. The summed E-state index contributed by atoms with van der Waals surface area (Å²) in [5.41, 5.74) is 3.09. The standard InChI is InChI=1S/C24H23ClFN3OS/c1-15-24(31-19-8-4-5-16(11-19)14-30)20-9-10-21(25)22(26)23(20)29(15)18-12-27-28(13-18)17-6-2-3-7-17/h4-5,8-13,17,30H,2-3,6-7,14H2,1H3. The Hall–Kier alpha value is -2.28. The van der Waals surface area contributed by atoms with Crippen LogP contribution in [0, 0.1) is 12.7 Å². The van der Waals surface area contributed by atoms with Crippen molar-refractivity contribution >= 4 is 34.3 Å². The van der Waals surface area contributed by atoms with Gasteiger partial charge in [0.05, 0.1) is 35.1 Å². The van der Waals surface area contributed by atoms with E-state index in [1.807, 2.05) is 58.9 Å². The first-order valence-corrected chi connectivity index (χ1v) is 11.7. The van der Waals surface area contributed by atoms with E-state index in [2.05, 4.69) is 5.10 Å². The minimum atomic E-state index is -0.424. The van der Waals surface area contributed by atoms with Crippen LogP contribution >= 0.6 is 23.4 Å². The molecule has 2 aromatic heterocycles. The van der Waals surface area contributed by atoms with E-state index in [-0.39, 0.29) is 11.6 Å². The van der Waals surface area contributed by atoms with Gasteiger partial charge in [-0.25, -0.2) is 4.39 Å². The van der Waals surface area contributed by atoms with Crippen LogP contribution in [-0.2, 0) is 6.61 Å². The number of aliphatic hydroxyl groups excluding tert-OH is 1. The van der Waals surface area contributed by atoms with Crippen LogP contribution in [0.2, 0.25) is 5.02 Å². The summed E-state index contributed by atoms with van der Waals surface area (Å²) in [6.45, 7) is 1.98. The Balaban J connectivity index is 1.66. The Labute approximate surface area is 189 Å². The minimum Gasteiger partial charge on any atom is -0.392 e. The van der Waals surface area contributed by atoms with E-state index in [1.54, 1.807) is 17.8 Å². The Bertz CT molecular complexity index is 1260. The van der Waals surface area contributed by atoms with Crippen LogP contribution in [0.25, 0.3) is 16.6 Å². The third-order valence-corrected chi connectivity index (χ3v) is 7.55. The highest BCUT2D eigenvalue weighted by molar-refractivity contribution is 7.99. The molecule has 1 saturated carbocycles. The second-order valence-corrected chi connectivity index (χ2v) is 9.52. The summed E-state index contributed by atoms with van der Waals surface area (Å²) in [6, 6.07) is 11.7. The van der Waals surface area contributed by atoms with Gasteiger partial charge < -0.3 is 9.67 Å². The molecular weight excluding hydrogens is 433 g/mol. The molecule has 5 rings (SSSR count). The third-order valence-electron chi connectivity index (χ3n) is 6.05. The van der Waals surface area contributed by atoms with Crippen molar-refractivity contribution in [1.29, 1.82) is 0 Å². The number of hydrogen-bond acceptors (Lipinski definition) is 3. The van der Waals surface area contributed by atoms with Gasteiger partial charge in [0.2, 0.25) is 0 Å². The highest BCUT2D eigenvalue weighted by Crippen LogP contribution is 2.42. The number of halogens is 2. The van der Waals surface area contributed by atoms with E-state index in [0.29, 0.717) is 11.6 Å². The predicted molar refractivity (Wildman–Crippen MR) is 123 cm³/mol. The quantitative estimate of drug-likeness (QED) is 0.364. The number of nitrogens with zero attached hydrogens (tertiary/aromatic N) is 3. The van der Waals surface area contributed by atoms with Crippen LogP contribution in [0.5, 0.6) is 0 Å². The van der Waals surface area contributed by atoms with Crippen LogP contribution in [0.4, 0.5) is 4.39 Å². The van der Waals surface area contributed by atoms with Gasteiger partial charge in [-0.1, -0.05) is 48.3 Å². The fourth-order valence-corrected chi connectivity index (χ4v) is 5.75. The van der Waals surface area contributed by atoms with Crippen molar-refractivity contribution in [3.63, 3.8) is 0 Å². The fraction of sp³-hybridized carbons (Fsp3) is 0.292. The monoisotopic (exact) mass is 455 g/mol. The van der Waals surface area contributed by atoms with Gasteiger partial charge in [-0.05, 0) is 49.6 Å². The molecule has 2 heterocycles. The summed E-state index contributed by atoms with van der Waals surface area (Å²) < 4.78 is 19.2. The molecule has 1 aliphatic rings. The van der Waals surface area contributed by atoms with Gasteiger partial charge in [0.25, 0.3) is 0 Å². The van der Waals surface area contributed by atoms with E-state index in [4.69, 9.17) is 11.6 Å². The van der Waals surface area contributed by atoms with Gasteiger partial charge in [0.15, 0.2) is 5.82 Å². The lowest BCUT2D eigenvalue weighted by Crippen LogP contribution is -2.04. The van der Waals surface area contributed by atoms with Gasteiger partial charge in [-0.2, -0.15) is 5.10 Å². The van der Waals surface area contributed by atoms with E-state index >= 15 is 4.39 Å². The van der Waals surface area contributed by atoms with Crippen molar-refractivity contribution in [2.75, 3.05) is 0 Å². The molecule has 0 spiro atoms. The molecule has 0 unspecified atom stereocenters. The van der Waals surface area contributed by atoms with Crippen molar-refractivity contribution < 1.29 is 9.50 Å². The van der Waals surface area contributed by atoms with Crippen molar-refractivity contribution in [1.82, 2.24) is 14.3 Å². The van der Waals surface area contributed by atoms with Crippen LogP contribution in [0.1, 0.15) is 43.0 Å². The maximum absolute atomic E-state index is 15.3. The van der Waals surface area contributed by atoms with Gasteiger partial charge in [0, 0.05) is 27.1 Å². The number of fused-ring (bicyclic) bond motifs is 1. The molecule has 2 aromatic carbocycles. The van der Waals surface area contributed by atoms with Crippen LogP contribution in [-0.4, -0.2) is 19.5 Å². The van der Waals surface area contributed by atoms with Crippen LogP contribution in [0.3, 0.4) is 0 Å². The average Bonchev–Trinajstić information content (AvgIpc) is 3.52. The van der Waals surface area contributed by atoms with Crippen molar-refractivity contribution in [3.05, 3.63) is 70.9 Å². The van der Waals surface area contributed by atoms with E-state index in [9.17, 15) is 5.11 Å². The van der Waals surface area contributed by atoms with E-state index < -0.39 is 5.82 Å². The van der Waals surface area contributed by atoms with Gasteiger partial charge >= 0.3 is 0 Å². The van der Waals surface area contributed by atoms with Gasteiger partial charge in [-0.15, -0.1) is 0 Å². The zero-order chi connectivity index (χ0) is 21.5. The second-order valence-electron chi connectivity index (χ2n) is 8.03. The Morgan fingerprint density at radius 2 is 2.03 bits per heavy atom. The molecule has 1 fully saturated rings. The van der Waals surface area contributed by atoms with E-state index in [1.165, 1.54) is 12.8 Å². The third kappa shape index (κ3) is 3.67. The molecule has 0 saturated heterocycles. The first-order chi connectivity index (χ1) is 15.1. The lowest BCUT2D eigenvalue weighted by Gasteiger charge is -2.10. The number of hydrogen-bond donors (Lipinski definition) is 1. The summed E-state index contributed by atoms with van der Waals surface area (Å²) in [4.78, 5) is 1.96. The minimum absolute atomic E-state index is 0.0142. The average molecular weight is 456 g/mol. The molecule has 4 aromatic rings. The lowest BCUT2D eigenvalue weighted by atomic mass is 10.2. The first-order valence-electron chi connectivity index (χ1n) is 10.5. The highest BCUT2D eigenvalue weighted by Gasteiger charge is 2.23. The molecule has 1 N–H and O–H groups in total. The molecule has 0 aliphatic heterocycles. The van der Waals surface area contributed by atoms with E-state index in [0.717, 1.165) is 45.0 Å². The maximum Gasteiger partial charge on any atom is 0.166 e. The van der Waals surface area contributed by atoms with Crippen molar-refractivity contribution in [2.24, 2.45) is 0 Å². The Morgan fingerprint density at radius 1 is 1.23 bits per heavy atom. The molecule has 160 valence electrons. The fourth-order valence-electron chi connectivity index (χ4n) is 4.49. The molecule has 0 amide bonds. The molecule has 0 radical (unpaired) electrons. The Morgan fingerprint density at radius 3 is 2.81 bits per heavy atom. The molecule has 7 heteroatoms. The number of aromatic nitrogens is 3. The number of benzene rings is 2. The molecule has 31 heavy (non-hydrogen) atoms. The second kappa shape index (κ2) is 8.34. The topological polar surface area (TPSA) is 43.0 Å². The zero-order valence-electron chi connectivity index (χ0n) is 17.2. The summed E-state index contributed by atoms with van der Waals surface area (Å²) in [5, 5.41) is 15.0. The molecule has 1 aliphatic carbocycles. The molecular formula is C24H23ClFN3OS. The number of aliphatic hydroxyl groups is 1. The summed E-state index contributed by atoms with van der Waals surface area (Å²) in [5.74, 6) is -0.424. The summed E-state index contributed by atoms with van der Waals surface area (Å²) >= 11 is 7.74. The van der Waals surface area contributed by atoms with Crippen LogP contribution < -0.4 is 0 Å². The largest absolute Gasteiger partial charge is 0.392 e. The molecule has 0 atom stereocenters. The predicted octanol–water partition coefficient (Wildman–Crippen LogP) is 6.69. The van der Waals surface area contributed by atoms with Crippen molar-refractivity contribution in [2.45, 2.75) is 55.0 Å². The van der Waals surface area contributed by atoms with Gasteiger partial charge in [0.1, 0.15) is 0 Å².